The van der Waals surface area contributed by atoms with E-state index in [1.807, 2.05) is 12.1 Å². The molecule has 0 amide bonds. The molecule has 0 aromatic heterocycles. The number of carbonyl (C=O) groups is 1. The summed E-state index contributed by atoms with van der Waals surface area (Å²) < 4.78 is 9.91. The smallest absolute Gasteiger partial charge is 0.352 e. The first-order valence-corrected chi connectivity index (χ1v) is 5.15. The summed E-state index contributed by atoms with van der Waals surface area (Å²) in [5.74, 6) is -0.442. The van der Waals surface area contributed by atoms with Crippen LogP contribution in [0.15, 0.2) is 35.9 Å². The van der Waals surface area contributed by atoms with Crippen LogP contribution in [0.25, 0.3) is 5.76 Å². The second-order valence-corrected chi connectivity index (χ2v) is 3.11. The molecule has 0 aliphatic heterocycles. The minimum absolute atomic E-state index is 0.124. The van der Waals surface area contributed by atoms with Crippen LogP contribution in [0.2, 0.25) is 0 Å². The third-order valence-corrected chi connectivity index (χ3v) is 2.05. The molecule has 4 nitrogen and oxygen atoms in total. The number of nitrogens with zero attached hydrogens (tertiary/aromatic N) is 1. The number of nitriles is 1. The summed E-state index contributed by atoms with van der Waals surface area (Å²) >= 11 is 0. The summed E-state index contributed by atoms with van der Waals surface area (Å²) in [7, 11) is 1.23. The van der Waals surface area contributed by atoms with E-state index in [2.05, 4.69) is 4.74 Å². The van der Waals surface area contributed by atoms with E-state index in [9.17, 15) is 4.79 Å². The van der Waals surface area contributed by atoms with Crippen LogP contribution < -0.4 is 0 Å². The number of benzene rings is 1. The molecular formula is C13H13NO3. The van der Waals surface area contributed by atoms with Crippen molar-refractivity contribution in [3.05, 3.63) is 41.5 Å². The third-order valence-electron chi connectivity index (χ3n) is 2.05. The quantitative estimate of drug-likeness (QED) is 0.345. The molecule has 0 unspecified atom stereocenters. The van der Waals surface area contributed by atoms with Crippen molar-refractivity contribution in [2.24, 2.45) is 0 Å². The van der Waals surface area contributed by atoms with E-state index in [1.165, 1.54) is 7.11 Å². The Labute approximate surface area is 100 Å². The van der Waals surface area contributed by atoms with E-state index in [4.69, 9.17) is 10.00 Å². The lowest BCUT2D eigenvalue weighted by Crippen LogP contribution is -2.08. The zero-order valence-corrected chi connectivity index (χ0v) is 9.77. The standard InChI is InChI=1S/C13H13NO3/c1-3-17-12(10-7-5-4-6-8-10)11(9-14)13(15)16-2/h4-8H,3H2,1-2H3/b12-11-. The SMILES string of the molecule is CCO/C(=C(/C#N)C(=O)OC)c1ccccc1. The number of hydrogen-bond acceptors (Lipinski definition) is 4. The first-order valence-electron chi connectivity index (χ1n) is 5.15. The monoisotopic (exact) mass is 231 g/mol. The molecule has 0 heterocycles. The summed E-state index contributed by atoms with van der Waals surface area (Å²) in [5, 5.41) is 9.00. The molecule has 17 heavy (non-hydrogen) atoms. The van der Waals surface area contributed by atoms with Gasteiger partial charge < -0.3 is 9.47 Å². The van der Waals surface area contributed by atoms with E-state index in [1.54, 1.807) is 31.2 Å². The van der Waals surface area contributed by atoms with Crippen molar-refractivity contribution in [2.75, 3.05) is 13.7 Å². The van der Waals surface area contributed by atoms with Gasteiger partial charge in [-0.1, -0.05) is 30.3 Å². The zero-order chi connectivity index (χ0) is 12.7. The molecule has 0 aliphatic carbocycles. The Morgan fingerprint density at radius 2 is 2.00 bits per heavy atom. The van der Waals surface area contributed by atoms with Gasteiger partial charge in [0.25, 0.3) is 0 Å². The average Bonchev–Trinajstić information content (AvgIpc) is 2.39. The van der Waals surface area contributed by atoms with E-state index >= 15 is 0 Å². The normalized spacial score (nSPS) is 11.1. The van der Waals surface area contributed by atoms with E-state index in [-0.39, 0.29) is 11.3 Å². The third kappa shape index (κ3) is 3.08. The van der Waals surface area contributed by atoms with Crippen LogP contribution in [0.3, 0.4) is 0 Å². The minimum atomic E-state index is -0.695. The molecule has 0 bridgehead atoms. The lowest BCUT2D eigenvalue weighted by Gasteiger charge is -2.10. The second-order valence-electron chi connectivity index (χ2n) is 3.11. The lowest BCUT2D eigenvalue weighted by molar-refractivity contribution is -0.135. The first-order chi connectivity index (χ1) is 8.24. The Hall–Kier alpha value is -2.28. The first kappa shape index (κ1) is 12.8. The van der Waals surface area contributed by atoms with Crippen molar-refractivity contribution < 1.29 is 14.3 Å². The summed E-state index contributed by atoms with van der Waals surface area (Å²) in [6.45, 7) is 2.15. The van der Waals surface area contributed by atoms with Gasteiger partial charge in [-0.05, 0) is 6.92 Å². The van der Waals surface area contributed by atoms with Crippen LogP contribution in [0.1, 0.15) is 12.5 Å². The highest BCUT2D eigenvalue weighted by Gasteiger charge is 2.18. The van der Waals surface area contributed by atoms with Gasteiger partial charge in [-0.25, -0.2) is 4.79 Å². The number of rotatable bonds is 4. The maximum Gasteiger partial charge on any atom is 0.352 e. The van der Waals surface area contributed by atoms with Gasteiger partial charge in [-0.15, -0.1) is 0 Å². The second kappa shape index (κ2) is 6.33. The molecule has 4 heteroatoms. The van der Waals surface area contributed by atoms with Crippen molar-refractivity contribution in [1.82, 2.24) is 0 Å². The molecule has 0 spiro atoms. The molecule has 0 N–H and O–H groups in total. The maximum absolute atomic E-state index is 11.5. The van der Waals surface area contributed by atoms with Gasteiger partial charge in [-0.2, -0.15) is 5.26 Å². The number of ether oxygens (including phenoxy) is 2. The maximum atomic E-state index is 11.5. The number of esters is 1. The topological polar surface area (TPSA) is 59.3 Å². The van der Waals surface area contributed by atoms with E-state index in [0.29, 0.717) is 12.2 Å². The Morgan fingerprint density at radius 1 is 1.35 bits per heavy atom. The van der Waals surface area contributed by atoms with Gasteiger partial charge in [0.2, 0.25) is 0 Å². The van der Waals surface area contributed by atoms with E-state index < -0.39 is 5.97 Å². The lowest BCUT2D eigenvalue weighted by atomic mass is 10.1. The summed E-state index contributed by atoms with van der Waals surface area (Å²) in [4.78, 5) is 11.5. The molecule has 0 aliphatic rings. The van der Waals surface area contributed by atoms with Crippen LogP contribution in [0.4, 0.5) is 0 Å². The molecule has 88 valence electrons. The van der Waals surface area contributed by atoms with Crippen molar-refractivity contribution in [2.45, 2.75) is 6.92 Å². The zero-order valence-electron chi connectivity index (χ0n) is 9.77. The fourth-order valence-electron chi connectivity index (χ4n) is 1.32. The molecule has 0 fully saturated rings. The van der Waals surface area contributed by atoms with Gasteiger partial charge in [0, 0.05) is 5.56 Å². The molecule has 0 radical (unpaired) electrons. The average molecular weight is 231 g/mol. The molecular weight excluding hydrogens is 218 g/mol. The fraction of sp³-hybridized carbons (Fsp3) is 0.231. The van der Waals surface area contributed by atoms with Crippen molar-refractivity contribution in [3.63, 3.8) is 0 Å². The molecule has 1 aromatic rings. The largest absolute Gasteiger partial charge is 0.492 e. The van der Waals surface area contributed by atoms with E-state index in [0.717, 1.165) is 0 Å². The predicted molar refractivity (Wildman–Crippen MR) is 62.6 cm³/mol. The van der Waals surface area contributed by atoms with Crippen LogP contribution in [-0.4, -0.2) is 19.7 Å². The summed E-state index contributed by atoms with van der Waals surface area (Å²) in [6, 6.07) is 10.8. The molecule has 0 atom stereocenters. The van der Waals surface area contributed by atoms with Gasteiger partial charge >= 0.3 is 5.97 Å². The van der Waals surface area contributed by atoms with Gasteiger partial charge in [0.05, 0.1) is 13.7 Å². The van der Waals surface area contributed by atoms with Crippen LogP contribution >= 0.6 is 0 Å². The number of hydrogen-bond donors (Lipinski definition) is 0. The molecule has 0 saturated carbocycles. The minimum Gasteiger partial charge on any atom is -0.492 e. The highest BCUT2D eigenvalue weighted by molar-refractivity contribution is 6.00. The van der Waals surface area contributed by atoms with Crippen LogP contribution in [0, 0.1) is 11.3 Å². The van der Waals surface area contributed by atoms with Gasteiger partial charge in [-0.3, -0.25) is 0 Å². The fourth-order valence-corrected chi connectivity index (χ4v) is 1.32. The Balaban J connectivity index is 3.29. The number of methoxy groups -OCH3 is 1. The Morgan fingerprint density at radius 3 is 2.47 bits per heavy atom. The number of carbonyl (C=O) groups excluding carboxylic acids is 1. The van der Waals surface area contributed by atoms with Crippen LogP contribution in [0.5, 0.6) is 0 Å². The summed E-state index contributed by atoms with van der Waals surface area (Å²) in [6.07, 6.45) is 0. The Kier molecular flexibility index (Phi) is 4.77. The molecule has 0 saturated heterocycles. The molecule has 1 aromatic carbocycles. The van der Waals surface area contributed by atoms with Crippen molar-refractivity contribution in [3.8, 4) is 6.07 Å². The highest BCUT2D eigenvalue weighted by atomic mass is 16.5. The Bertz CT molecular complexity index is 457. The van der Waals surface area contributed by atoms with Crippen molar-refractivity contribution >= 4 is 11.7 Å². The molecule has 1 rings (SSSR count). The van der Waals surface area contributed by atoms with Gasteiger partial charge in [0.15, 0.2) is 11.3 Å². The predicted octanol–water partition coefficient (Wildman–Crippen LogP) is 2.13. The highest BCUT2D eigenvalue weighted by Crippen LogP contribution is 2.20. The van der Waals surface area contributed by atoms with Crippen molar-refractivity contribution in [1.29, 1.82) is 5.26 Å². The van der Waals surface area contributed by atoms with Crippen LogP contribution in [-0.2, 0) is 14.3 Å². The van der Waals surface area contributed by atoms with Gasteiger partial charge in [0.1, 0.15) is 6.07 Å². The summed E-state index contributed by atoms with van der Waals surface area (Å²) in [5.41, 5.74) is 0.553.